The third-order valence-corrected chi connectivity index (χ3v) is 3.83. The van der Waals surface area contributed by atoms with E-state index >= 15 is 0 Å². The van der Waals surface area contributed by atoms with Gasteiger partial charge >= 0.3 is 0 Å². The molecular weight excluding hydrogens is 324 g/mol. The summed E-state index contributed by atoms with van der Waals surface area (Å²) in [6.07, 6.45) is 3.45. The van der Waals surface area contributed by atoms with E-state index in [0.29, 0.717) is 21.8 Å². The molecule has 0 radical (unpaired) electrons. The minimum Gasteiger partial charge on any atom is -0.356 e. The van der Waals surface area contributed by atoms with Crippen LogP contribution in [0.1, 0.15) is 18.5 Å². The first-order chi connectivity index (χ1) is 10.5. The zero-order chi connectivity index (χ0) is 15.9. The number of hydrogen-bond donors (Lipinski definition) is 2. The number of alkyl halides is 2. The van der Waals surface area contributed by atoms with Crippen molar-refractivity contribution in [2.75, 3.05) is 5.32 Å². The van der Waals surface area contributed by atoms with Crippen LogP contribution in [0.15, 0.2) is 53.7 Å². The zero-order valence-corrected chi connectivity index (χ0v) is 13.4. The Morgan fingerprint density at radius 3 is 2.36 bits per heavy atom. The fourth-order valence-corrected chi connectivity index (χ4v) is 2.61. The van der Waals surface area contributed by atoms with E-state index in [4.69, 9.17) is 12.2 Å². The van der Waals surface area contributed by atoms with Crippen molar-refractivity contribution in [1.82, 2.24) is 10.3 Å². The van der Waals surface area contributed by atoms with Crippen LogP contribution in [0.5, 0.6) is 0 Å². The summed E-state index contributed by atoms with van der Waals surface area (Å²) in [4.78, 5) is 4.49. The Labute approximate surface area is 137 Å². The molecule has 22 heavy (non-hydrogen) atoms. The number of pyridine rings is 1. The Balaban J connectivity index is 1.89. The van der Waals surface area contributed by atoms with Gasteiger partial charge in [-0.05, 0) is 61.1 Å². The second kappa shape index (κ2) is 8.05. The number of hydrogen-bond acceptors (Lipinski definition) is 3. The maximum absolute atomic E-state index is 12.2. The van der Waals surface area contributed by atoms with Gasteiger partial charge in [0.15, 0.2) is 5.11 Å². The number of nitrogens with zero attached hydrogens (tertiary/aromatic N) is 1. The first-order valence-corrected chi connectivity index (χ1v) is 7.85. The standard InChI is InChI=1S/C15H15F2N3S2/c1-10(11-6-8-18-9-7-11)19-15(21)20-12-2-4-13(5-3-12)22-14(16)17/h2-10,14H,1H3,(H2,19,20,21)/t10-/m1/s1. The molecule has 2 rings (SSSR count). The molecule has 2 aromatic rings. The maximum Gasteiger partial charge on any atom is 0.288 e. The summed E-state index contributed by atoms with van der Waals surface area (Å²) in [5.74, 6) is -2.41. The highest BCUT2D eigenvalue weighted by atomic mass is 32.2. The van der Waals surface area contributed by atoms with Crippen molar-refractivity contribution >= 4 is 34.8 Å². The Morgan fingerprint density at radius 2 is 1.77 bits per heavy atom. The molecular formula is C15H15F2N3S2. The Bertz CT molecular complexity index is 606. The van der Waals surface area contributed by atoms with Gasteiger partial charge in [0, 0.05) is 23.0 Å². The molecule has 1 heterocycles. The van der Waals surface area contributed by atoms with Crippen molar-refractivity contribution in [2.45, 2.75) is 23.6 Å². The Hall–Kier alpha value is -1.73. The second-order valence-corrected chi connectivity index (χ2v) is 5.98. The minimum absolute atomic E-state index is 0.0386. The van der Waals surface area contributed by atoms with Gasteiger partial charge in [0.25, 0.3) is 5.76 Å². The molecule has 3 nitrogen and oxygen atoms in total. The van der Waals surface area contributed by atoms with Crippen LogP contribution in [-0.4, -0.2) is 15.9 Å². The third kappa shape index (κ3) is 5.23. The van der Waals surface area contributed by atoms with Gasteiger partial charge < -0.3 is 10.6 Å². The van der Waals surface area contributed by atoms with E-state index in [-0.39, 0.29) is 6.04 Å². The highest BCUT2D eigenvalue weighted by Crippen LogP contribution is 2.26. The molecule has 0 aliphatic rings. The van der Waals surface area contributed by atoms with Gasteiger partial charge in [0.05, 0.1) is 6.04 Å². The second-order valence-electron chi connectivity index (χ2n) is 4.50. The molecule has 1 atom stereocenters. The number of nitrogens with one attached hydrogen (secondary N) is 2. The van der Waals surface area contributed by atoms with E-state index in [1.54, 1.807) is 36.7 Å². The summed E-state index contributed by atoms with van der Waals surface area (Å²) in [6.45, 7) is 1.99. The molecule has 0 saturated carbocycles. The fourth-order valence-electron chi connectivity index (χ4n) is 1.82. The van der Waals surface area contributed by atoms with Crippen LogP contribution >= 0.6 is 24.0 Å². The van der Waals surface area contributed by atoms with Crippen molar-refractivity contribution < 1.29 is 8.78 Å². The van der Waals surface area contributed by atoms with E-state index in [0.717, 1.165) is 11.3 Å². The molecule has 0 bridgehead atoms. The van der Waals surface area contributed by atoms with E-state index in [1.165, 1.54) is 0 Å². The number of thioether (sulfide) groups is 1. The molecule has 0 saturated heterocycles. The highest BCUT2D eigenvalue weighted by Gasteiger charge is 2.08. The van der Waals surface area contributed by atoms with Gasteiger partial charge in [0.2, 0.25) is 0 Å². The normalized spacial score (nSPS) is 12.0. The largest absolute Gasteiger partial charge is 0.356 e. The van der Waals surface area contributed by atoms with Crippen molar-refractivity contribution in [2.24, 2.45) is 0 Å². The minimum atomic E-state index is -2.41. The molecule has 7 heteroatoms. The van der Waals surface area contributed by atoms with E-state index in [2.05, 4.69) is 15.6 Å². The molecule has 0 spiro atoms. The number of aromatic nitrogens is 1. The fraction of sp³-hybridized carbons (Fsp3) is 0.200. The predicted molar refractivity (Wildman–Crippen MR) is 90.3 cm³/mol. The van der Waals surface area contributed by atoms with Crippen molar-refractivity contribution in [3.63, 3.8) is 0 Å². The van der Waals surface area contributed by atoms with Crippen LogP contribution in [0, 0.1) is 0 Å². The van der Waals surface area contributed by atoms with Crippen LogP contribution in [0.3, 0.4) is 0 Å². The highest BCUT2D eigenvalue weighted by molar-refractivity contribution is 7.99. The van der Waals surface area contributed by atoms with Crippen molar-refractivity contribution in [1.29, 1.82) is 0 Å². The van der Waals surface area contributed by atoms with Crippen molar-refractivity contribution in [3.8, 4) is 0 Å². The van der Waals surface area contributed by atoms with Gasteiger partial charge in [-0.2, -0.15) is 8.78 Å². The molecule has 0 aliphatic carbocycles. The molecule has 0 unspecified atom stereocenters. The van der Waals surface area contributed by atoms with E-state index in [1.807, 2.05) is 19.1 Å². The molecule has 116 valence electrons. The number of anilines is 1. The molecule has 1 aromatic carbocycles. The van der Waals surface area contributed by atoms with Gasteiger partial charge in [-0.3, -0.25) is 4.98 Å². The molecule has 0 amide bonds. The summed E-state index contributed by atoms with van der Waals surface area (Å²) in [6, 6.07) is 10.6. The van der Waals surface area contributed by atoms with Crippen molar-refractivity contribution in [3.05, 3.63) is 54.4 Å². The van der Waals surface area contributed by atoms with Gasteiger partial charge in [-0.15, -0.1) is 0 Å². The topological polar surface area (TPSA) is 37.0 Å². The summed E-state index contributed by atoms with van der Waals surface area (Å²) < 4.78 is 24.5. The summed E-state index contributed by atoms with van der Waals surface area (Å²) >= 11 is 5.77. The molecule has 2 N–H and O–H groups in total. The molecule has 0 fully saturated rings. The van der Waals surface area contributed by atoms with Crippen LogP contribution in [0.4, 0.5) is 14.5 Å². The van der Waals surface area contributed by atoms with Crippen LogP contribution < -0.4 is 10.6 Å². The molecule has 1 aromatic heterocycles. The SMILES string of the molecule is C[C@@H](NC(=S)Nc1ccc(SC(F)F)cc1)c1ccncc1. The first-order valence-electron chi connectivity index (χ1n) is 6.57. The first kappa shape index (κ1) is 16.6. The number of rotatable bonds is 5. The lowest BCUT2D eigenvalue weighted by Crippen LogP contribution is -2.30. The van der Waals surface area contributed by atoms with Gasteiger partial charge in [-0.1, -0.05) is 11.8 Å². The monoisotopic (exact) mass is 339 g/mol. The maximum atomic E-state index is 12.2. The smallest absolute Gasteiger partial charge is 0.288 e. The average Bonchev–Trinajstić information content (AvgIpc) is 2.49. The lowest BCUT2D eigenvalue weighted by atomic mass is 10.1. The van der Waals surface area contributed by atoms with E-state index in [9.17, 15) is 8.78 Å². The zero-order valence-electron chi connectivity index (χ0n) is 11.8. The molecule has 0 aliphatic heterocycles. The third-order valence-electron chi connectivity index (χ3n) is 2.89. The Kier molecular flexibility index (Phi) is 6.09. The van der Waals surface area contributed by atoms with Crippen LogP contribution in [0.25, 0.3) is 0 Å². The average molecular weight is 339 g/mol. The van der Waals surface area contributed by atoms with Crippen LogP contribution in [0.2, 0.25) is 0 Å². The number of thiocarbonyl (C=S) groups is 1. The number of halogens is 2. The van der Waals surface area contributed by atoms with Crippen LogP contribution in [-0.2, 0) is 0 Å². The Morgan fingerprint density at radius 1 is 1.14 bits per heavy atom. The summed E-state index contributed by atoms with van der Waals surface area (Å²) in [7, 11) is 0. The lowest BCUT2D eigenvalue weighted by Gasteiger charge is -2.17. The lowest BCUT2D eigenvalue weighted by molar-refractivity contribution is 0.252. The quantitative estimate of drug-likeness (QED) is 0.622. The van der Waals surface area contributed by atoms with Gasteiger partial charge in [-0.25, -0.2) is 0 Å². The van der Waals surface area contributed by atoms with E-state index < -0.39 is 5.76 Å². The summed E-state index contributed by atoms with van der Waals surface area (Å²) in [5.41, 5.74) is 1.82. The summed E-state index contributed by atoms with van der Waals surface area (Å²) in [5, 5.41) is 6.66. The number of benzene rings is 1. The predicted octanol–water partition coefficient (Wildman–Crippen LogP) is 4.44. The van der Waals surface area contributed by atoms with Gasteiger partial charge in [0.1, 0.15) is 0 Å².